The van der Waals surface area contributed by atoms with Crippen LogP contribution in [0, 0.1) is 18.3 Å². The van der Waals surface area contributed by atoms with Crippen molar-refractivity contribution in [3.05, 3.63) is 65.9 Å². The second-order valence-electron chi connectivity index (χ2n) is 6.02. The van der Waals surface area contributed by atoms with E-state index in [2.05, 4.69) is 28.4 Å². The van der Waals surface area contributed by atoms with Gasteiger partial charge in [-0.1, -0.05) is 6.92 Å². The van der Waals surface area contributed by atoms with Crippen LogP contribution in [0.15, 0.2) is 59.7 Å². The summed E-state index contributed by atoms with van der Waals surface area (Å²) in [6, 6.07) is 16.9. The first kappa shape index (κ1) is 18.2. The van der Waals surface area contributed by atoms with E-state index >= 15 is 0 Å². The van der Waals surface area contributed by atoms with Crippen molar-refractivity contribution in [3.8, 4) is 23.4 Å². The van der Waals surface area contributed by atoms with Crippen molar-refractivity contribution in [2.24, 2.45) is 4.99 Å². The Morgan fingerprint density at radius 2 is 2.04 bits per heavy atom. The second kappa shape index (κ2) is 8.68. The fourth-order valence-corrected chi connectivity index (χ4v) is 2.46. The summed E-state index contributed by atoms with van der Waals surface area (Å²) in [5.41, 5.74) is 3.33. The number of benzene rings is 2. The lowest BCUT2D eigenvalue weighted by Crippen LogP contribution is -2.10. The highest BCUT2D eigenvalue weighted by Crippen LogP contribution is 2.27. The molecule has 6 heteroatoms. The van der Waals surface area contributed by atoms with Crippen molar-refractivity contribution in [1.29, 1.82) is 5.26 Å². The second-order valence-corrected chi connectivity index (χ2v) is 6.02. The number of nitriles is 1. The third-order valence-corrected chi connectivity index (χ3v) is 3.90. The van der Waals surface area contributed by atoms with Crippen LogP contribution in [0.25, 0.3) is 5.69 Å². The van der Waals surface area contributed by atoms with Crippen LogP contribution in [0.5, 0.6) is 11.6 Å². The molecule has 0 saturated carbocycles. The molecular formula is C21H21N5O. The Labute approximate surface area is 158 Å². The van der Waals surface area contributed by atoms with Gasteiger partial charge in [-0.3, -0.25) is 0 Å². The van der Waals surface area contributed by atoms with Gasteiger partial charge < -0.3 is 10.1 Å². The van der Waals surface area contributed by atoms with E-state index in [1.54, 1.807) is 29.2 Å². The predicted molar refractivity (Wildman–Crippen MR) is 106 cm³/mol. The number of aryl methyl sites for hydroxylation is 1. The molecule has 0 amide bonds. The SMILES string of the molecule is CCCN/C=N/c1ccc(Oc2ccn(-c3ccc(C#N)cc3)n2)c(C)c1. The number of nitrogens with one attached hydrogen (secondary N) is 1. The standard InChI is InChI=1S/C21H21N5O/c1-3-11-23-15-24-18-6-9-20(16(2)13-18)27-21-10-12-26(25-21)19-7-4-17(14-22)5-8-19/h4-10,12-13,15H,3,11H2,1-2H3,(H,23,24). The summed E-state index contributed by atoms with van der Waals surface area (Å²) in [5.74, 6) is 1.24. The summed E-state index contributed by atoms with van der Waals surface area (Å²) in [5, 5.41) is 16.4. The van der Waals surface area contributed by atoms with Gasteiger partial charge in [0.2, 0.25) is 5.88 Å². The third-order valence-electron chi connectivity index (χ3n) is 3.90. The Hall–Kier alpha value is -3.59. The summed E-state index contributed by atoms with van der Waals surface area (Å²) < 4.78 is 7.61. The molecule has 0 fully saturated rings. The molecule has 1 aromatic heterocycles. The molecule has 1 heterocycles. The summed E-state index contributed by atoms with van der Waals surface area (Å²) in [6.45, 7) is 5.00. The molecule has 0 spiro atoms. The van der Waals surface area contributed by atoms with Gasteiger partial charge in [0, 0.05) is 18.8 Å². The molecule has 27 heavy (non-hydrogen) atoms. The Morgan fingerprint density at radius 3 is 2.74 bits per heavy atom. The molecule has 1 N–H and O–H groups in total. The Balaban J connectivity index is 1.69. The highest BCUT2D eigenvalue weighted by Gasteiger charge is 2.06. The minimum Gasteiger partial charge on any atom is -0.437 e. The van der Waals surface area contributed by atoms with Crippen molar-refractivity contribution in [2.75, 3.05) is 6.54 Å². The largest absolute Gasteiger partial charge is 0.437 e. The Morgan fingerprint density at radius 1 is 1.22 bits per heavy atom. The van der Waals surface area contributed by atoms with Crippen LogP contribution < -0.4 is 10.1 Å². The normalized spacial score (nSPS) is 10.7. The van der Waals surface area contributed by atoms with Gasteiger partial charge in [-0.15, -0.1) is 5.10 Å². The summed E-state index contributed by atoms with van der Waals surface area (Å²) in [7, 11) is 0. The number of ether oxygens (including phenoxy) is 1. The molecule has 0 aliphatic heterocycles. The zero-order chi connectivity index (χ0) is 19.1. The van der Waals surface area contributed by atoms with Crippen LogP contribution in [0.3, 0.4) is 0 Å². The first-order valence-electron chi connectivity index (χ1n) is 8.80. The topological polar surface area (TPSA) is 75.2 Å². The maximum atomic E-state index is 8.88. The van der Waals surface area contributed by atoms with Crippen LogP contribution in [-0.2, 0) is 0 Å². The van der Waals surface area contributed by atoms with E-state index in [0.717, 1.165) is 35.7 Å². The van der Waals surface area contributed by atoms with E-state index in [1.165, 1.54) is 0 Å². The van der Waals surface area contributed by atoms with Crippen LogP contribution in [0.1, 0.15) is 24.5 Å². The molecule has 0 aliphatic rings. The molecular weight excluding hydrogens is 338 g/mol. The lowest BCUT2D eigenvalue weighted by Gasteiger charge is -2.07. The highest BCUT2D eigenvalue weighted by molar-refractivity contribution is 5.62. The quantitative estimate of drug-likeness (QED) is 0.383. The van der Waals surface area contributed by atoms with Crippen LogP contribution >= 0.6 is 0 Å². The molecule has 0 saturated heterocycles. The molecule has 0 unspecified atom stereocenters. The molecule has 0 atom stereocenters. The van der Waals surface area contributed by atoms with Gasteiger partial charge in [0.1, 0.15) is 5.75 Å². The third kappa shape index (κ3) is 4.73. The van der Waals surface area contributed by atoms with E-state index < -0.39 is 0 Å². The maximum Gasteiger partial charge on any atom is 0.238 e. The number of hydrogen-bond donors (Lipinski definition) is 1. The monoisotopic (exact) mass is 359 g/mol. The minimum atomic E-state index is 0.503. The van der Waals surface area contributed by atoms with Crippen LogP contribution in [0.4, 0.5) is 5.69 Å². The number of nitrogens with zero attached hydrogens (tertiary/aromatic N) is 4. The van der Waals surface area contributed by atoms with Crippen molar-refractivity contribution < 1.29 is 4.74 Å². The Kier molecular flexibility index (Phi) is 5.85. The summed E-state index contributed by atoms with van der Waals surface area (Å²) >= 11 is 0. The minimum absolute atomic E-state index is 0.503. The zero-order valence-corrected chi connectivity index (χ0v) is 15.4. The fourth-order valence-electron chi connectivity index (χ4n) is 2.46. The maximum absolute atomic E-state index is 8.88. The van der Waals surface area contributed by atoms with Crippen molar-refractivity contribution >= 4 is 12.0 Å². The summed E-state index contributed by atoms with van der Waals surface area (Å²) in [6.07, 6.45) is 4.61. The zero-order valence-electron chi connectivity index (χ0n) is 15.4. The first-order chi connectivity index (χ1) is 13.2. The number of rotatable bonds is 7. The molecule has 0 radical (unpaired) electrons. The van der Waals surface area contributed by atoms with E-state index in [-0.39, 0.29) is 0 Å². The molecule has 3 rings (SSSR count). The number of aliphatic imine (C=N–C) groups is 1. The van der Waals surface area contributed by atoms with E-state index in [9.17, 15) is 0 Å². The van der Waals surface area contributed by atoms with Crippen molar-refractivity contribution in [2.45, 2.75) is 20.3 Å². The van der Waals surface area contributed by atoms with Crippen molar-refractivity contribution in [1.82, 2.24) is 15.1 Å². The summed E-state index contributed by atoms with van der Waals surface area (Å²) in [4.78, 5) is 4.38. The van der Waals surface area contributed by atoms with E-state index in [0.29, 0.717) is 11.4 Å². The van der Waals surface area contributed by atoms with Gasteiger partial charge in [0.15, 0.2) is 0 Å². The van der Waals surface area contributed by atoms with Crippen LogP contribution in [-0.4, -0.2) is 22.7 Å². The fraction of sp³-hybridized carbons (Fsp3) is 0.190. The average Bonchev–Trinajstić information content (AvgIpc) is 3.16. The Bertz CT molecular complexity index is 967. The van der Waals surface area contributed by atoms with Gasteiger partial charge in [0.05, 0.1) is 29.3 Å². The first-order valence-corrected chi connectivity index (χ1v) is 8.80. The molecule has 136 valence electrons. The lowest BCUT2D eigenvalue weighted by atomic mass is 10.2. The number of hydrogen-bond acceptors (Lipinski definition) is 4. The van der Waals surface area contributed by atoms with Crippen molar-refractivity contribution in [3.63, 3.8) is 0 Å². The molecule has 0 bridgehead atoms. The molecule has 6 nitrogen and oxygen atoms in total. The molecule has 0 aliphatic carbocycles. The van der Waals surface area contributed by atoms with Gasteiger partial charge in [0.25, 0.3) is 0 Å². The highest BCUT2D eigenvalue weighted by atomic mass is 16.5. The van der Waals surface area contributed by atoms with Crippen LogP contribution in [0.2, 0.25) is 0 Å². The number of aromatic nitrogens is 2. The van der Waals surface area contributed by atoms with E-state index in [4.69, 9.17) is 10.00 Å². The average molecular weight is 359 g/mol. The molecule has 3 aromatic rings. The van der Waals surface area contributed by atoms with Gasteiger partial charge in [-0.25, -0.2) is 9.67 Å². The lowest BCUT2D eigenvalue weighted by molar-refractivity contribution is 0.454. The molecule has 2 aromatic carbocycles. The predicted octanol–water partition coefficient (Wildman–Crippen LogP) is 4.50. The smallest absolute Gasteiger partial charge is 0.238 e. The van der Waals surface area contributed by atoms with Gasteiger partial charge >= 0.3 is 0 Å². The van der Waals surface area contributed by atoms with Gasteiger partial charge in [-0.05, 0) is 61.4 Å². The van der Waals surface area contributed by atoms with Gasteiger partial charge in [-0.2, -0.15) is 5.26 Å². The van der Waals surface area contributed by atoms with E-state index in [1.807, 2.05) is 43.5 Å².